The Morgan fingerprint density at radius 2 is 1.67 bits per heavy atom. The van der Waals surface area contributed by atoms with E-state index in [4.69, 9.17) is 5.11 Å². The van der Waals surface area contributed by atoms with Crippen molar-refractivity contribution in [3.05, 3.63) is 0 Å². The molecule has 1 saturated carbocycles. The lowest BCUT2D eigenvalue weighted by Gasteiger charge is -2.38. The lowest BCUT2D eigenvalue weighted by atomic mass is 9.71. The van der Waals surface area contributed by atoms with Gasteiger partial charge in [-0.3, -0.25) is 0 Å². The first-order valence-corrected chi connectivity index (χ1v) is 4.65. The van der Waals surface area contributed by atoms with Crippen LogP contribution >= 0.6 is 0 Å². The van der Waals surface area contributed by atoms with E-state index in [-0.39, 0.29) is 13.2 Å². The normalized spacial score (nSPS) is 25.2. The second kappa shape index (κ2) is 4.21. The number of aliphatic hydroxyl groups excluding tert-OH is 3. The van der Waals surface area contributed by atoms with Gasteiger partial charge in [-0.2, -0.15) is 0 Å². The van der Waals surface area contributed by atoms with Crippen molar-refractivity contribution in [3.8, 4) is 0 Å². The average Bonchev–Trinajstić information content (AvgIpc) is 2.17. The largest absolute Gasteiger partial charge is 0.396 e. The topological polar surface area (TPSA) is 60.7 Å². The molecule has 12 heavy (non-hydrogen) atoms. The van der Waals surface area contributed by atoms with Crippen LogP contribution in [0.25, 0.3) is 0 Å². The van der Waals surface area contributed by atoms with Gasteiger partial charge in [0.1, 0.15) is 0 Å². The summed E-state index contributed by atoms with van der Waals surface area (Å²) in [5.74, 6) is 0. The van der Waals surface area contributed by atoms with E-state index >= 15 is 0 Å². The number of aliphatic hydroxyl groups is 3. The van der Waals surface area contributed by atoms with Crippen LogP contribution in [0.4, 0.5) is 0 Å². The maximum absolute atomic E-state index is 9.52. The molecule has 3 nitrogen and oxygen atoms in total. The molecule has 3 N–H and O–H groups in total. The van der Waals surface area contributed by atoms with Crippen molar-refractivity contribution < 1.29 is 15.3 Å². The Morgan fingerprint density at radius 3 is 2.08 bits per heavy atom. The Bertz CT molecular complexity index is 130. The van der Waals surface area contributed by atoms with Crippen molar-refractivity contribution >= 4 is 0 Å². The van der Waals surface area contributed by atoms with Gasteiger partial charge in [-0.05, 0) is 12.8 Å². The molecule has 0 amide bonds. The zero-order chi connectivity index (χ0) is 9.03. The average molecular weight is 174 g/mol. The van der Waals surface area contributed by atoms with Crippen molar-refractivity contribution in [2.24, 2.45) is 5.41 Å². The summed E-state index contributed by atoms with van der Waals surface area (Å²) in [7, 11) is 0. The van der Waals surface area contributed by atoms with Gasteiger partial charge in [0.05, 0.1) is 19.3 Å². The zero-order valence-corrected chi connectivity index (χ0v) is 7.37. The SMILES string of the molecule is OCC(O)C1(CO)CCCCC1. The predicted octanol–water partition coefficient (Wildman–Crippen LogP) is 0.282. The molecule has 0 spiro atoms. The molecule has 1 atom stereocenters. The fourth-order valence-corrected chi connectivity index (χ4v) is 2.05. The summed E-state index contributed by atoms with van der Waals surface area (Å²) in [5, 5.41) is 27.5. The van der Waals surface area contributed by atoms with E-state index in [2.05, 4.69) is 0 Å². The van der Waals surface area contributed by atoms with Crippen LogP contribution < -0.4 is 0 Å². The summed E-state index contributed by atoms with van der Waals surface area (Å²) in [6, 6.07) is 0. The van der Waals surface area contributed by atoms with Crippen LogP contribution in [-0.4, -0.2) is 34.6 Å². The predicted molar refractivity (Wildman–Crippen MR) is 45.7 cm³/mol. The molecule has 3 heteroatoms. The monoisotopic (exact) mass is 174 g/mol. The molecular weight excluding hydrogens is 156 g/mol. The lowest BCUT2D eigenvalue weighted by Crippen LogP contribution is -2.42. The minimum absolute atomic E-state index is 0.00523. The highest BCUT2D eigenvalue weighted by molar-refractivity contribution is 4.88. The van der Waals surface area contributed by atoms with Gasteiger partial charge in [0.15, 0.2) is 0 Å². The molecule has 0 aliphatic heterocycles. The van der Waals surface area contributed by atoms with Crippen LogP contribution in [0.15, 0.2) is 0 Å². The molecule has 0 bridgehead atoms. The Hall–Kier alpha value is -0.120. The van der Waals surface area contributed by atoms with Crippen LogP contribution in [-0.2, 0) is 0 Å². The Labute approximate surface area is 73.0 Å². The second-order valence-corrected chi connectivity index (χ2v) is 3.78. The van der Waals surface area contributed by atoms with Crippen LogP contribution in [0.3, 0.4) is 0 Å². The van der Waals surface area contributed by atoms with Gasteiger partial charge in [0.2, 0.25) is 0 Å². The van der Waals surface area contributed by atoms with Crippen LogP contribution in [0.5, 0.6) is 0 Å². The molecular formula is C9H18O3. The van der Waals surface area contributed by atoms with E-state index in [0.29, 0.717) is 0 Å². The molecule has 1 rings (SSSR count). The number of hydrogen-bond donors (Lipinski definition) is 3. The Morgan fingerprint density at radius 1 is 1.08 bits per heavy atom. The van der Waals surface area contributed by atoms with Crippen molar-refractivity contribution in [1.82, 2.24) is 0 Å². The van der Waals surface area contributed by atoms with Gasteiger partial charge in [0.25, 0.3) is 0 Å². The minimum Gasteiger partial charge on any atom is -0.396 e. The molecule has 0 aromatic rings. The van der Waals surface area contributed by atoms with Gasteiger partial charge in [-0.25, -0.2) is 0 Å². The fraction of sp³-hybridized carbons (Fsp3) is 1.00. The quantitative estimate of drug-likeness (QED) is 0.576. The van der Waals surface area contributed by atoms with E-state index < -0.39 is 11.5 Å². The first-order chi connectivity index (χ1) is 5.75. The molecule has 1 aliphatic carbocycles. The van der Waals surface area contributed by atoms with E-state index in [1.54, 1.807) is 0 Å². The number of rotatable bonds is 3. The second-order valence-electron chi connectivity index (χ2n) is 3.78. The third kappa shape index (κ3) is 1.79. The molecule has 0 radical (unpaired) electrons. The van der Waals surface area contributed by atoms with E-state index in [1.807, 2.05) is 0 Å². The Balaban J connectivity index is 2.59. The molecule has 0 aromatic carbocycles. The molecule has 1 fully saturated rings. The highest BCUT2D eigenvalue weighted by Gasteiger charge is 2.37. The summed E-state index contributed by atoms with van der Waals surface area (Å²) in [6.07, 6.45) is 4.22. The fourth-order valence-electron chi connectivity index (χ4n) is 2.05. The van der Waals surface area contributed by atoms with Crippen molar-refractivity contribution in [3.63, 3.8) is 0 Å². The molecule has 72 valence electrons. The maximum Gasteiger partial charge on any atom is 0.0848 e. The third-order valence-electron chi connectivity index (χ3n) is 3.04. The zero-order valence-electron chi connectivity index (χ0n) is 7.37. The summed E-state index contributed by atoms with van der Waals surface area (Å²) in [6.45, 7) is -0.241. The minimum atomic E-state index is -0.747. The molecule has 1 unspecified atom stereocenters. The van der Waals surface area contributed by atoms with Crippen LogP contribution in [0, 0.1) is 5.41 Å². The smallest absolute Gasteiger partial charge is 0.0848 e. The standard InChI is InChI=1S/C9H18O3/c10-6-8(12)9(7-11)4-2-1-3-5-9/h8,10-12H,1-7H2. The highest BCUT2D eigenvalue weighted by Crippen LogP contribution is 2.38. The van der Waals surface area contributed by atoms with Gasteiger partial charge in [-0.1, -0.05) is 19.3 Å². The van der Waals surface area contributed by atoms with Gasteiger partial charge in [-0.15, -0.1) is 0 Å². The van der Waals surface area contributed by atoms with Crippen molar-refractivity contribution in [1.29, 1.82) is 0 Å². The first kappa shape index (κ1) is 9.96. The highest BCUT2D eigenvalue weighted by atomic mass is 16.3. The summed E-state index contributed by atoms with van der Waals surface area (Å²) < 4.78 is 0. The van der Waals surface area contributed by atoms with Gasteiger partial charge < -0.3 is 15.3 Å². The van der Waals surface area contributed by atoms with Crippen LogP contribution in [0.2, 0.25) is 0 Å². The summed E-state index contributed by atoms with van der Waals surface area (Å²) >= 11 is 0. The first-order valence-electron chi connectivity index (χ1n) is 4.65. The van der Waals surface area contributed by atoms with E-state index in [0.717, 1.165) is 25.7 Å². The van der Waals surface area contributed by atoms with Gasteiger partial charge in [0, 0.05) is 5.41 Å². The molecule has 1 aliphatic rings. The van der Waals surface area contributed by atoms with Crippen molar-refractivity contribution in [2.45, 2.75) is 38.2 Å². The Kier molecular flexibility index (Phi) is 3.50. The summed E-state index contributed by atoms with van der Waals surface area (Å²) in [5.41, 5.74) is -0.410. The van der Waals surface area contributed by atoms with Gasteiger partial charge >= 0.3 is 0 Å². The number of hydrogen-bond acceptors (Lipinski definition) is 3. The lowest BCUT2D eigenvalue weighted by molar-refractivity contribution is -0.0667. The third-order valence-corrected chi connectivity index (χ3v) is 3.04. The van der Waals surface area contributed by atoms with Crippen LogP contribution in [0.1, 0.15) is 32.1 Å². The molecule has 0 saturated heterocycles. The van der Waals surface area contributed by atoms with E-state index in [1.165, 1.54) is 6.42 Å². The van der Waals surface area contributed by atoms with E-state index in [9.17, 15) is 10.2 Å². The molecule has 0 heterocycles. The maximum atomic E-state index is 9.52. The van der Waals surface area contributed by atoms with Crippen molar-refractivity contribution in [2.75, 3.05) is 13.2 Å². The molecule has 0 aromatic heterocycles. The summed E-state index contributed by atoms with van der Waals surface area (Å²) in [4.78, 5) is 0.